The number of carbonyl (C=O) groups excluding carboxylic acids is 2. The van der Waals surface area contributed by atoms with Gasteiger partial charge in [0.05, 0.1) is 17.6 Å². The van der Waals surface area contributed by atoms with Crippen molar-refractivity contribution in [3.63, 3.8) is 0 Å². The number of esters is 1. The van der Waals surface area contributed by atoms with E-state index < -0.39 is 23.9 Å². The van der Waals surface area contributed by atoms with Crippen molar-refractivity contribution in [1.82, 2.24) is 0 Å². The summed E-state index contributed by atoms with van der Waals surface area (Å²) in [7, 11) is 0. The third-order valence-corrected chi connectivity index (χ3v) is 5.92. The molecule has 0 unspecified atom stereocenters. The zero-order valence-corrected chi connectivity index (χ0v) is 20.9. The molecule has 4 rings (SSSR count). The third-order valence-electron chi connectivity index (χ3n) is 5.26. The molecule has 0 saturated heterocycles. The molecule has 0 aliphatic carbocycles. The number of fused-ring (bicyclic) bond motifs is 1. The van der Waals surface area contributed by atoms with Gasteiger partial charge in [-0.15, -0.1) is 0 Å². The Morgan fingerprint density at radius 2 is 1.69 bits per heavy atom. The van der Waals surface area contributed by atoms with Crippen LogP contribution in [0.25, 0.3) is 22.3 Å². The van der Waals surface area contributed by atoms with Crippen LogP contribution in [0.3, 0.4) is 0 Å². The van der Waals surface area contributed by atoms with Crippen LogP contribution in [0, 0.1) is 6.92 Å². The van der Waals surface area contributed by atoms with Crippen LogP contribution >= 0.6 is 23.2 Å². The molecule has 9 heteroatoms. The fourth-order valence-corrected chi connectivity index (χ4v) is 3.75. The Labute approximate surface area is 216 Å². The molecule has 0 aliphatic rings. The first-order valence-electron chi connectivity index (χ1n) is 11.0. The van der Waals surface area contributed by atoms with Crippen LogP contribution in [0.5, 0.6) is 5.75 Å². The molecular formula is C27H21Cl2NO6. The first kappa shape index (κ1) is 25.3. The maximum Gasteiger partial charge on any atom is 0.338 e. The second-order valence-electron chi connectivity index (χ2n) is 7.83. The van der Waals surface area contributed by atoms with Crippen LogP contribution < -0.4 is 15.5 Å². The fourth-order valence-electron chi connectivity index (χ4n) is 3.46. The summed E-state index contributed by atoms with van der Waals surface area (Å²) < 4.78 is 16.7. The standard InChI is InChI=1S/C27H21Cl2NO6/c1-3-34-27(33)17-6-10-19(11-7-17)30-23(31)14-35-26-24(32)20-13-21(29)15(2)12-22(20)36-25(26)16-4-8-18(28)9-5-16/h4-13H,3,14H2,1-2H3,(H,30,31). The molecule has 3 aromatic carbocycles. The molecule has 0 atom stereocenters. The molecule has 4 aromatic rings. The topological polar surface area (TPSA) is 94.8 Å². The number of carbonyl (C=O) groups is 2. The van der Waals surface area contributed by atoms with Gasteiger partial charge in [0.15, 0.2) is 12.4 Å². The fraction of sp³-hybridized carbons (Fsp3) is 0.148. The molecule has 0 aliphatic heterocycles. The van der Waals surface area contributed by atoms with Gasteiger partial charge in [-0.1, -0.05) is 23.2 Å². The molecule has 0 fully saturated rings. The van der Waals surface area contributed by atoms with Crippen LogP contribution in [0.15, 0.2) is 69.9 Å². The van der Waals surface area contributed by atoms with E-state index in [0.29, 0.717) is 32.4 Å². The third kappa shape index (κ3) is 5.53. The number of rotatable bonds is 7. The number of aryl methyl sites for hydroxylation is 1. The first-order valence-corrected chi connectivity index (χ1v) is 11.7. The van der Waals surface area contributed by atoms with Crippen molar-refractivity contribution < 1.29 is 23.5 Å². The highest BCUT2D eigenvalue weighted by atomic mass is 35.5. The lowest BCUT2D eigenvalue weighted by Crippen LogP contribution is -2.22. The molecule has 1 aromatic heterocycles. The highest BCUT2D eigenvalue weighted by Gasteiger charge is 2.20. The minimum Gasteiger partial charge on any atom is -0.476 e. The summed E-state index contributed by atoms with van der Waals surface area (Å²) in [5.74, 6) is -0.927. The van der Waals surface area contributed by atoms with E-state index >= 15 is 0 Å². The Balaban J connectivity index is 1.60. The molecule has 0 spiro atoms. The van der Waals surface area contributed by atoms with Crippen LogP contribution in [0.2, 0.25) is 10.0 Å². The average molecular weight is 526 g/mol. The largest absolute Gasteiger partial charge is 0.476 e. The van der Waals surface area contributed by atoms with Gasteiger partial charge in [-0.05, 0) is 80.1 Å². The van der Waals surface area contributed by atoms with E-state index in [2.05, 4.69) is 5.32 Å². The number of ether oxygens (including phenoxy) is 2. The molecule has 1 amide bonds. The normalized spacial score (nSPS) is 10.8. The Bertz CT molecular complexity index is 1490. The van der Waals surface area contributed by atoms with Crippen molar-refractivity contribution in [2.24, 2.45) is 0 Å². The Morgan fingerprint density at radius 3 is 2.36 bits per heavy atom. The lowest BCUT2D eigenvalue weighted by molar-refractivity contribution is -0.118. The van der Waals surface area contributed by atoms with Crippen molar-refractivity contribution >= 4 is 51.7 Å². The average Bonchev–Trinajstić information content (AvgIpc) is 2.86. The molecular weight excluding hydrogens is 505 g/mol. The summed E-state index contributed by atoms with van der Waals surface area (Å²) in [5.41, 5.74) is 1.98. The van der Waals surface area contributed by atoms with E-state index in [1.165, 1.54) is 18.2 Å². The predicted molar refractivity (Wildman–Crippen MR) is 139 cm³/mol. The molecule has 184 valence electrons. The summed E-state index contributed by atoms with van der Waals surface area (Å²) in [4.78, 5) is 37.7. The molecule has 0 saturated carbocycles. The number of halogens is 2. The zero-order chi connectivity index (χ0) is 25.8. The van der Waals surface area contributed by atoms with E-state index in [1.807, 2.05) is 0 Å². The van der Waals surface area contributed by atoms with E-state index in [-0.39, 0.29) is 23.5 Å². The Kier molecular flexibility index (Phi) is 7.62. The van der Waals surface area contributed by atoms with Gasteiger partial charge in [0.2, 0.25) is 11.2 Å². The minimum absolute atomic E-state index is 0.127. The maximum absolute atomic E-state index is 13.3. The van der Waals surface area contributed by atoms with Crippen LogP contribution in [-0.2, 0) is 9.53 Å². The minimum atomic E-state index is -0.512. The highest BCUT2D eigenvalue weighted by Crippen LogP contribution is 2.33. The quantitative estimate of drug-likeness (QED) is 0.285. The maximum atomic E-state index is 13.3. The number of hydrogen-bond donors (Lipinski definition) is 1. The summed E-state index contributed by atoms with van der Waals surface area (Å²) in [6.07, 6.45) is 0. The smallest absolute Gasteiger partial charge is 0.338 e. The molecule has 1 N–H and O–H groups in total. The highest BCUT2D eigenvalue weighted by molar-refractivity contribution is 6.32. The second-order valence-corrected chi connectivity index (χ2v) is 8.67. The SMILES string of the molecule is CCOC(=O)c1ccc(NC(=O)COc2c(-c3ccc(Cl)cc3)oc3cc(C)c(Cl)cc3c2=O)cc1. The number of benzene rings is 3. The van der Waals surface area contributed by atoms with E-state index in [9.17, 15) is 14.4 Å². The van der Waals surface area contributed by atoms with Crippen molar-refractivity contribution in [2.75, 3.05) is 18.5 Å². The first-order chi connectivity index (χ1) is 17.3. The van der Waals surface area contributed by atoms with Crippen molar-refractivity contribution in [3.05, 3.63) is 92.1 Å². The summed E-state index contributed by atoms with van der Waals surface area (Å²) in [6, 6.07) is 16.1. The van der Waals surface area contributed by atoms with Gasteiger partial charge in [0.25, 0.3) is 5.91 Å². The number of anilines is 1. The molecule has 0 bridgehead atoms. The zero-order valence-electron chi connectivity index (χ0n) is 19.4. The van der Waals surface area contributed by atoms with Crippen LogP contribution in [0.4, 0.5) is 5.69 Å². The van der Waals surface area contributed by atoms with Gasteiger partial charge in [-0.25, -0.2) is 4.79 Å². The molecule has 0 radical (unpaired) electrons. The van der Waals surface area contributed by atoms with Gasteiger partial charge in [0.1, 0.15) is 5.58 Å². The van der Waals surface area contributed by atoms with E-state index in [4.69, 9.17) is 37.1 Å². The lowest BCUT2D eigenvalue weighted by atomic mass is 10.1. The summed E-state index contributed by atoms with van der Waals surface area (Å²) in [5, 5.41) is 3.81. The Hall–Kier alpha value is -3.81. The van der Waals surface area contributed by atoms with Gasteiger partial charge in [0, 0.05) is 21.3 Å². The van der Waals surface area contributed by atoms with Gasteiger partial charge >= 0.3 is 5.97 Å². The summed E-state index contributed by atoms with van der Waals surface area (Å²) in [6.45, 7) is 3.33. The van der Waals surface area contributed by atoms with E-state index in [1.54, 1.807) is 56.3 Å². The number of nitrogens with one attached hydrogen (secondary N) is 1. The lowest BCUT2D eigenvalue weighted by Gasteiger charge is -2.13. The summed E-state index contributed by atoms with van der Waals surface area (Å²) >= 11 is 12.2. The van der Waals surface area contributed by atoms with E-state index in [0.717, 1.165) is 5.56 Å². The van der Waals surface area contributed by atoms with Crippen LogP contribution in [0.1, 0.15) is 22.8 Å². The predicted octanol–water partition coefficient (Wildman–Crippen LogP) is 6.27. The van der Waals surface area contributed by atoms with Crippen LogP contribution in [-0.4, -0.2) is 25.1 Å². The number of hydrogen-bond acceptors (Lipinski definition) is 6. The number of amides is 1. The molecule has 36 heavy (non-hydrogen) atoms. The van der Waals surface area contributed by atoms with Gasteiger partial charge in [-0.3, -0.25) is 9.59 Å². The van der Waals surface area contributed by atoms with Crippen molar-refractivity contribution in [1.29, 1.82) is 0 Å². The van der Waals surface area contributed by atoms with Crippen molar-refractivity contribution in [3.8, 4) is 17.1 Å². The van der Waals surface area contributed by atoms with Gasteiger partial charge < -0.3 is 19.2 Å². The van der Waals surface area contributed by atoms with Crippen molar-refractivity contribution in [2.45, 2.75) is 13.8 Å². The monoisotopic (exact) mass is 525 g/mol. The van der Waals surface area contributed by atoms with Gasteiger partial charge in [-0.2, -0.15) is 0 Å². The molecule has 7 nitrogen and oxygen atoms in total. The Morgan fingerprint density at radius 1 is 1.00 bits per heavy atom. The second kappa shape index (κ2) is 10.8. The molecule has 1 heterocycles.